The highest BCUT2D eigenvalue weighted by molar-refractivity contribution is 5.99. The maximum atomic E-state index is 12.5. The first-order valence-electron chi connectivity index (χ1n) is 7.79. The fourth-order valence-corrected chi connectivity index (χ4v) is 2.71. The van der Waals surface area contributed by atoms with Gasteiger partial charge in [0.1, 0.15) is 0 Å². The molecule has 1 fully saturated rings. The van der Waals surface area contributed by atoms with E-state index in [9.17, 15) is 4.79 Å². The normalized spacial score (nSPS) is 20.8. The molecule has 1 saturated heterocycles. The Kier molecular flexibility index (Phi) is 5.23. The van der Waals surface area contributed by atoms with Gasteiger partial charge in [0.05, 0.1) is 11.2 Å². The van der Waals surface area contributed by atoms with Crippen molar-refractivity contribution in [3.8, 4) is 0 Å². The number of amides is 1. The smallest absolute Gasteiger partial charge is 0.253 e. The van der Waals surface area contributed by atoms with Gasteiger partial charge in [-0.2, -0.15) is 0 Å². The zero-order valence-electron chi connectivity index (χ0n) is 13.2. The number of anilines is 1. The first kappa shape index (κ1) is 15.8. The Morgan fingerprint density at radius 2 is 2.14 bits per heavy atom. The minimum atomic E-state index is -0.157. The van der Waals surface area contributed by atoms with E-state index in [2.05, 4.69) is 31.4 Å². The molecule has 4 nitrogen and oxygen atoms in total. The van der Waals surface area contributed by atoms with Gasteiger partial charge in [-0.1, -0.05) is 19.1 Å². The molecule has 1 aliphatic heterocycles. The van der Waals surface area contributed by atoms with Crippen LogP contribution >= 0.6 is 0 Å². The molecule has 1 aromatic carbocycles. The molecular weight excluding hydrogens is 264 g/mol. The van der Waals surface area contributed by atoms with Crippen molar-refractivity contribution < 1.29 is 9.53 Å². The van der Waals surface area contributed by atoms with Crippen LogP contribution in [0.25, 0.3) is 0 Å². The molecule has 0 spiro atoms. The summed E-state index contributed by atoms with van der Waals surface area (Å²) in [5, 5.41) is 6.46. The number of benzene rings is 1. The summed E-state index contributed by atoms with van der Waals surface area (Å²) in [5.74, 6) is -0.00287. The summed E-state index contributed by atoms with van der Waals surface area (Å²) in [6.45, 7) is 7.83. The zero-order valence-corrected chi connectivity index (χ0v) is 13.2. The highest BCUT2D eigenvalue weighted by Gasteiger charge is 2.30. The van der Waals surface area contributed by atoms with Gasteiger partial charge in [-0.15, -0.1) is 0 Å². The molecular formula is C17H26N2O2. The van der Waals surface area contributed by atoms with Crippen molar-refractivity contribution >= 4 is 11.6 Å². The molecule has 21 heavy (non-hydrogen) atoms. The number of carbonyl (C=O) groups is 1. The van der Waals surface area contributed by atoms with Crippen LogP contribution in [0.1, 0.15) is 50.4 Å². The molecule has 1 amide bonds. The van der Waals surface area contributed by atoms with Crippen molar-refractivity contribution in [2.24, 2.45) is 0 Å². The summed E-state index contributed by atoms with van der Waals surface area (Å²) in [6, 6.07) is 7.86. The van der Waals surface area contributed by atoms with Crippen LogP contribution in [0.15, 0.2) is 24.3 Å². The number of rotatable bonds is 5. The Hall–Kier alpha value is -1.55. The molecule has 0 aromatic heterocycles. The van der Waals surface area contributed by atoms with Crippen molar-refractivity contribution in [3.05, 3.63) is 29.8 Å². The zero-order chi connectivity index (χ0) is 15.3. The topological polar surface area (TPSA) is 50.4 Å². The largest absolute Gasteiger partial charge is 0.384 e. The van der Waals surface area contributed by atoms with Crippen LogP contribution in [0.3, 0.4) is 0 Å². The van der Waals surface area contributed by atoms with Gasteiger partial charge in [0, 0.05) is 24.9 Å². The quantitative estimate of drug-likeness (QED) is 0.875. The van der Waals surface area contributed by atoms with Gasteiger partial charge in [0.2, 0.25) is 0 Å². The van der Waals surface area contributed by atoms with Gasteiger partial charge in [-0.25, -0.2) is 0 Å². The van der Waals surface area contributed by atoms with Crippen molar-refractivity contribution in [2.45, 2.75) is 51.7 Å². The molecule has 0 aliphatic carbocycles. The third kappa shape index (κ3) is 4.46. The van der Waals surface area contributed by atoms with E-state index in [4.69, 9.17) is 4.74 Å². The lowest BCUT2D eigenvalue weighted by molar-refractivity contribution is -0.0615. The van der Waals surface area contributed by atoms with Gasteiger partial charge in [0.25, 0.3) is 5.91 Å². The Morgan fingerprint density at radius 3 is 2.86 bits per heavy atom. The molecule has 4 heteroatoms. The summed E-state index contributed by atoms with van der Waals surface area (Å²) in [6.07, 6.45) is 2.76. The average molecular weight is 290 g/mol. The van der Waals surface area contributed by atoms with Crippen LogP contribution < -0.4 is 10.6 Å². The van der Waals surface area contributed by atoms with Crippen molar-refractivity contribution in [1.29, 1.82) is 0 Å². The van der Waals surface area contributed by atoms with Crippen molar-refractivity contribution in [3.63, 3.8) is 0 Å². The molecule has 0 radical (unpaired) electrons. The summed E-state index contributed by atoms with van der Waals surface area (Å²) in [7, 11) is 0. The predicted octanol–water partition coefficient (Wildman–Crippen LogP) is 3.20. The van der Waals surface area contributed by atoms with Gasteiger partial charge in [-0.05, 0) is 45.2 Å². The minimum Gasteiger partial charge on any atom is -0.384 e. The Bertz CT molecular complexity index is 485. The maximum Gasteiger partial charge on any atom is 0.253 e. The highest BCUT2D eigenvalue weighted by atomic mass is 16.5. The van der Waals surface area contributed by atoms with E-state index < -0.39 is 0 Å². The van der Waals surface area contributed by atoms with Crippen LogP contribution in [-0.2, 0) is 4.74 Å². The van der Waals surface area contributed by atoms with Crippen molar-refractivity contribution in [1.82, 2.24) is 5.32 Å². The first-order chi connectivity index (χ1) is 10.0. The van der Waals surface area contributed by atoms with E-state index >= 15 is 0 Å². The Balaban J connectivity index is 2.03. The summed E-state index contributed by atoms with van der Waals surface area (Å²) < 4.78 is 5.70. The molecule has 1 aromatic rings. The molecule has 2 rings (SSSR count). The monoisotopic (exact) mass is 290 g/mol. The summed E-state index contributed by atoms with van der Waals surface area (Å²) in [5.41, 5.74) is 1.47. The number of ether oxygens (including phenoxy) is 1. The lowest BCUT2D eigenvalue weighted by Crippen LogP contribution is -2.45. The van der Waals surface area contributed by atoms with E-state index in [-0.39, 0.29) is 17.6 Å². The fourth-order valence-electron chi connectivity index (χ4n) is 2.71. The highest BCUT2D eigenvalue weighted by Crippen LogP contribution is 2.24. The third-order valence-electron chi connectivity index (χ3n) is 3.77. The molecule has 1 heterocycles. The lowest BCUT2D eigenvalue weighted by Gasteiger charge is -2.35. The molecule has 0 bridgehead atoms. The number of carbonyl (C=O) groups excluding carboxylic acids is 1. The van der Waals surface area contributed by atoms with Gasteiger partial charge >= 0.3 is 0 Å². The standard InChI is InChI=1S/C17H26N2O2/c1-4-10-18-15-8-6-5-7-14(15)16(20)19-13-9-11-21-17(2,3)12-13/h5-8,13,18H,4,9-12H2,1-3H3,(H,19,20). The average Bonchev–Trinajstić information content (AvgIpc) is 2.44. The van der Waals surface area contributed by atoms with E-state index in [1.54, 1.807) is 0 Å². The fraction of sp³-hybridized carbons (Fsp3) is 0.588. The SMILES string of the molecule is CCCNc1ccccc1C(=O)NC1CCOC(C)(C)C1. The first-order valence-corrected chi connectivity index (χ1v) is 7.79. The van der Waals surface area contributed by atoms with Crippen LogP contribution in [0, 0.1) is 0 Å². The summed E-state index contributed by atoms with van der Waals surface area (Å²) in [4.78, 5) is 12.5. The number of hydrogen-bond acceptors (Lipinski definition) is 3. The predicted molar refractivity (Wildman–Crippen MR) is 85.7 cm³/mol. The Labute approximate surface area is 127 Å². The van der Waals surface area contributed by atoms with Crippen LogP contribution in [-0.4, -0.2) is 30.7 Å². The van der Waals surface area contributed by atoms with E-state index in [1.807, 2.05) is 24.3 Å². The van der Waals surface area contributed by atoms with Crippen LogP contribution in [0.5, 0.6) is 0 Å². The molecule has 116 valence electrons. The minimum absolute atomic E-state index is 0.00287. The van der Waals surface area contributed by atoms with E-state index in [1.165, 1.54) is 0 Å². The second kappa shape index (κ2) is 6.94. The molecule has 1 unspecified atom stereocenters. The molecule has 1 atom stereocenters. The Morgan fingerprint density at radius 1 is 1.38 bits per heavy atom. The second-order valence-electron chi connectivity index (χ2n) is 6.24. The van der Waals surface area contributed by atoms with Crippen molar-refractivity contribution in [2.75, 3.05) is 18.5 Å². The molecule has 2 N–H and O–H groups in total. The van der Waals surface area contributed by atoms with Gasteiger partial charge in [0.15, 0.2) is 0 Å². The van der Waals surface area contributed by atoms with E-state index in [0.29, 0.717) is 6.61 Å². The number of nitrogens with one attached hydrogen (secondary N) is 2. The van der Waals surface area contributed by atoms with Crippen LogP contribution in [0.2, 0.25) is 0 Å². The van der Waals surface area contributed by atoms with Crippen LogP contribution in [0.4, 0.5) is 5.69 Å². The van der Waals surface area contributed by atoms with E-state index in [0.717, 1.165) is 37.1 Å². The second-order valence-corrected chi connectivity index (χ2v) is 6.24. The maximum absolute atomic E-state index is 12.5. The summed E-state index contributed by atoms with van der Waals surface area (Å²) >= 11 is 0. The number of para-hydroxylation sites is 1. The lowest BCUT2D eigenvalue weighted by atomic mass is 9.93. The molecule has 0 saturated carbocycles. The number of hydrogen-bond donors (Lipinski definition) is 2. The third-order valence-corrected chi connectivity index (χ3v) is 3.77. The molecule has 1 aliphatic rings. The van der Waals surface area contributed by atoms with Gasteiger partial charge in [-0.3, -0.25) is 4.79 Å². The van der Waals surface area contributed by atoms with Gasteiger partial charge < -0.3 is 15.4 Å².